The van der Waals surface area contributed by atoms with E-state index in [1.807, 2.05) is 91.0 Å². The molecule has 4 aliphatic rings. The van der Waals surface area contributed by atoms with Gasteiger partial charge in [0.2, 0.25) is 23.0 Å². The largest absolute Gasteiger partial charge is 0.477 e. The molecule has 3 aromatic carbocycles. The van der Waals surface area contributed by atoms with Crippen molar-refractivity contribution < 1.29 is 38.7 Å². The highest BCUT2D eigenvalue weighted by atomic mass is 32.2. The van der Waals surface area contributed by atoms with Crippen LogP contribution in [-0.2, 0) is 34.4 Å². The van der Waals surface area contributed by atoms with E-state index in [0.717, 1.165) is 16.4 Å². The molecule has 16 nitrogen and oxygen atoms in total. The van der Waals surface area contributed by atoms with Gasteiger partial charge in [-0.2, -0.15) is 9.36 Å². The number of fused-ring (bicyclic) bond motifs is 1. The van der Waals surface area contributed by atoms with Gasteiger partial charge in [-0.05, 0) is 24.5 Å². The molecule has 3 saturated heterocycles. The number of hydrogen-bond donors (Lipinski definition) is 3. The lowest BCUT2D eigenvalue weighted by molar-refractivity contribution is -0.150. The topological polar surface area (TPSA) is 210 Å². The Hall–Kier alpha value is -6.79. The molecule has 8 rings (SSSR count). The smallest absolute Gasteiger partial charge is 0.410 e. The molecule has 4 amide bonds. The van der Waals surface area contributed by atoms with E-state index in [1.54, 1.807) is 15.9 Å². The molecule has 312 valence electrons. The van der Waals surface area contributed by atoms with Crippen LogP contribution in [0.2, 0.25) is 0 Å². The van der Waals surface area contributed by atoms with Crippen molar-refractivity contribution >= 4 is 63.9 Å². The molecule has 4 aliphatic heterocycles. The minimum Gasteiger partial charge on any atom is -0.477 e. The quantitative estimate of drug-likeness (QED) is 0.0433. The minimum absolute atomic E-state index is 0.0700. The molecule has 0 bridgehead atoms. The van der Waals surface area contributed by atoms with Crippen molar-refractivity contribution in [3.05, 3.63) is 149 Å². The molecular formula is C43H40N8O8S2. The number of allylic oxidation sites excluding steroid dienone is 1. The molecule has 0 saturated carbocycles. The van der Waals surface area contributed by atoms with Crippen molar-refractivity contribution in [1.82, 2.24) is 29.4 Å². The Morgan fingerprint density at radius 1 is 0.984 bits per heavy atom. The lowest BCUT2D eigenvalue weighted by atomic mass is 9.80. The highest BCUT2D eigenvalue weighted by molar-refractivity contribution is 8.00. The molecule has 0 radical (unpaired) electrons. The molecule has 4 N–H and O–H groups in total. The molecule has 3 fully saturated rings. The van der Waals surface area contributed by atoms with Crippen LogP contribution in [0.15, 0.2) is 132 Å². The molecule has 1 aromatic heterocycles. The van der Waals surface area contributed by atoms with Crippen molar-refractivity contribution in [2.45, 2.75) is 35.9 Å². The number of hydrogen-bond acceptors (Lipinski definition) is 13. The van der Waals surface area contributed by atoms with Gasteiger partial charge in [-0.15, -0.1) is 11.8 Å². The number of carbonyl (C=O) groups is 5. The van der Waals surface area contributed by atoms with E-state index in [9.17, 15) is 29.1 Å². The summed E-state index contributed by atoms with van der Waals surface area (Å²) in [5, 5.41) is 16.9. The van der Waals surface area contributed by atoms with Gasteiger partial charge in [0.25, 0.3) is 11.8 Å². The third kappa shape index (κ3) is 7.86. The fraction of sp³-hybridized carbons (Fsp3) is 0.256. The first-order valence-electron chi connectivity index (χ1n) is 19.4. The van der Waals surface area contributed by atoms with Gasteiger partial charge in [0.15, 0.2) is 5.13 Å². The number of benzene rings is 3. The number of carboxylic acids is 1. The maximum atomic E-state index is 14.3. The van der Waals surface area contributed by atoms with E-state index >= 15 is 0 Å². The number of aliphatic carboxylic acids is 1. The van der Waals surface area contributed by atoms with Crippen LogP contribution in [0.4, 0.5) is 9.93 Å². The molecule has 5 heterocycles. The summed E-state index contributed by atoms with van der Waals surface area (Å²) >= 11 is 2.10. The number of ether oxygens (including phenoxy) is 1. The van der Waals surface area contributed by atoms with Gasteiger partial charge in [-0.3, -0.25) is 19.3 Å². The highest BCUT2D eigenvalue weighted by Gasteiger charge is 2.55. The minimum atomic E-state index is -1.36. The molecule has 61 heavy (non-hydrogen) atoms. The summed E-state index contributed by atoms with van der Waals surface area (Å²) in [5.41, 5.74) is 6.82. The lowest BCUT2D eigenvalue weighted by Gasteiger charge is -2.49. The van der Waals surface area contributed by atoms with Crippen LogP contribution in [0.3, 0.4) is 0 Å². The van der Waals surface area contributed by atoms with E-state index in [-0.39, 0.29) is 46.7 Å². The zero-order valence-corrected chi connectivity index (χ0v) is 34.2. The number of nitrogens with one attached hydrogen (secondary N) is 1. The van der Waals surface area contributed by atoms with E-state index in [2.05, 4.69) is 26.4 Å². The van der Waals surface area contributed by atoms with E-state index in [4.69, 9.17) is 15.3 Å². The number of likely N-dealkylation sites (tertiary alicyclic amines) is 2. The predicted octanol–water partition coefficient (Wildman–Crippen LogP) is 4.13. The average Bonchev–Trinajstić information content (AvgIpc) is 4.04. The summed E-state index contributed by atoms with van der Waals surface area (Å²) in [7, 11) is 0. The normalized spacial score (nSPS) is 21.0. The monoisotopic (exact) mass is 860 g/mol. The van der Waals surface area contributed by atoms with Gasteiger partial charge in [0.1, 0.15) is 23.7 Å². The Balaban J connectivity index is 1.04. The summed E-state index contributed by atoms with van der Waals surface area (Å²) < 4.78 is 9.39. The fourth-order valence-corrected chi connectivity index (χ4v) is 9.72. The van der Waals surface area contributed by atoms with Gasteiger partial charge in [0.05, 0.1) is 6.04 Å². The first kappa shape index (κ1) is 41.0. The van der Waals surface area contributed by atoms with Crippen molar-refractivity contribution in [3.8, 4) is 0 Å². The van der Waals surface area contributed by atoms with Crippen LogP contribution in [0.25, 0.3) is 0 Å². The van der Waals surface area contributed by atoms with Crippen LogP contribution in [-0.4, -0.2) is 114 Å². The Bertz CT molecular complexity index is 2360. The van der Waals surface area contributed by atoms with E-state index in [0.29, 0.717) is 60.3 Å². The number of carbonyl (C=O) groups excluding carboxylic acids is 4. The SMILES string of the molecule is C=CCOC(=O)N1CC[C@H](N2CCC(=CC3=C(C(=O)O)N4C(=O)[C@@H](NC(=O)C(=NOC(c5ccccc5)(c5ccccc5)c5ccccc5)c5nsc(N)n5)[C@H]4SC3)C2=O)C1. The second kappa shape index (κ2) is 17.4. The predicted molar refractivity (Wildman–Crippen MR) is 227 cm³/mol. The maximum absolute atomic E-state index is 14.3. The lowest BCUT2D eigenvalue weighted by Crippen LogP contribution is -2.71. The number of β-lactam (4-membered cyclic amide) rings is 1. The fourth-order valence-electron chi connectivity index (χ4n) is 7.98. The van der Waals surface area contributed by atoms with Crippen LogP contribution in [0, 0.1) is 0 Å². The highest BCUT2D eigenvalue weighted by Crippen LogP contribution is 2.43. The van der Waals surface area contributed by atoms with Crippen LogP contribution in [0.5, 0.6) is 0 Å². The molecule has 4 aromatic rings. The van der Waals surface area contributed by atoms with Gasteiger partial charge in [0, 0.05) is 59.2 Å². The summed E-state index contributed by atoms with van der Waals surface area (Å²) in [6, 6.07) is 26.8. The van der Waals surface area contributed by atoms with Crippen molar-refractivity contribution in [3.63, 3.8) is 0 Å². The maximum Gasteiger partial charge on any atom is 0.410 e. The van der Waals surface area contributed by atoms with Crippen LogP contribution >= 0.6 is 23.3 Å². The number of nitrogens with zero attached hydrogens (tertiary/aromatic N) is 6. The molecule has 0 aliphatic carbocycles. The molecule has 18 heteroatoms. The van der Waals surface area contributed by atoms with E-state index in [1.165, 1.54) is 17.8 Å². The number of aromatic nitrogens is 2. The summed E-state index contributed by atoms with van der Waals surface area (Å²) in [6.07, 6.45) is 3.51. The Morgan fingerprint density at radius 3 is 2.20 bits per heavy atom. The first-order valence-corrected chi connectivity index (χ1v) is 21.2. The Kier molecular flexibility index (Phi) is 11.7. The average molecular weight is 861 g/mol. The number of thioether (sulfide) groups is 1. The van der Waals surface area contributed by atoms with Gasteiger partial charge >= 0.3 is 12.1 Å². The second-order valence-electron chi connectivity index (χ2n) is 14.5. The third-order valence-electron chi connectivity index (χ3n) is 10.9. The standard InChI is InChI=1S/C43H40N8O8S2/c1-2-22-58-42(57)49-20-19-31(24-49)50-21-18-26(37(50)53)23-27-25-60-39-33(38(54)51(39)34(27)40(55)56)45-36(52)32(35-46-41(44)61-48-35)47-59-43(28-12-6-3-7-13-28,29-14-8-4-9-15-29)30-16-10-5-11-17-30/h2-17,23,31,33,39H,1,18-22,24-25H2,(H,45,52)(H,55,56)(H2,44,46,48)/t31-,33+,39+/m0/s1. The van der Waals surface area contributed by atoms with E-state index < -0.39 is 40.9 Å². The number of nitrogen functional groups attached to an aromatic ring is 1. The molecular weight excluding hydrogens is 821 g/mol. The third-order valence-corrected chi connectivity index (χ3v) is 12.7. The van der Waals surface area contributed by atoms with Gasteiger partial charge < -0.3 is 35.5 Å². The second-order valence-corrected chi connectivity index (χ2v) is 16.4. The van der Waals surface area contributed by atoms with Crippen molar-refractivity contribution in [2.24, 2.45) is 5.16 Å². The Morgan fingerprint density at radius 2 is 1.62 bits per heavy atom. The number of amides is 4. The zero-order chi connectivity index (χ0) is 42.7. The number of nitrogens with two attached hydrogens (primary N) is 1. The number of oxime groups is 1. The summed E-state index contributed by atoms with van der Waals surface area (Å²) in [6.45, 7) is 4.81. The zero-order valence-electron chi connectivity index (χ0n) is 32.6. The molecule has 0 spiro atoms. The number of carboxylic acid groups (broad SMARTS) is 1. The molecule has 3 atom stereocenters. The summed E-state index contributed by atoms with van der Waals surface area (Å²) in [4.78, 5) is 82.0. The van der Waals surface area contributed by atoms with Crippen molar-refractivity contribution in [2.75, 3.05) is 37.7 Å². The van der Waals surface area contributed by atoms with Crippen molar-refractivity contribution in [1.29, 1.82) is 0 Å². The number of anilines is 1. The van der Waals surface area contributed by atoms with Crippen LogP contribution in [0.1, 0.15) is 35.4 Å². The van der Waals surface area contributed by atoms with Gasteiger partial charge in [-0.1, -0.05) is 109 Å². The number of rotatable bonds is 13. The molecule has 0 unspecified atom stereocenters. The first-order chi connectivity index (χ1) is 29.6. The van der Waals surface area contributed by atoms with Crippen LogP contribution < -0.4 is 11.1 Å². The Labute approximate surface area is 358 Å². The summed E-state index contributed by atoms with van der Waals surface area (Å²) in [5.74, 6) is -3.09. The van der Waals surface area contributed by atoms with Gasteiger partial charge in [-0.25, -0.2) is 9.59 Å².